The quantitative estimate of drug-likeness (QED) is 0.127. The van der Waals surface area contributed by atoms with Crippen LogP contribution in [0.3, 0.4) is 0 Å². The summed E-state index contributed by atoms with van der Waals surface area (Å²) in [7, 11) is 0. The average Bonchev–Trinajstić information content (AvgIpc) is 3.10. The molecule has 342 valence electrons. The molecule has 0 amide bonds. The molecule has 0 bridgehead atoms. The fourth-order valence-electron chi connectivity index (χ4n) is 7.88. The van der Waals surface area contributed by atoms with Crippen LogP contribution in [-0.2, 0) is 19.1 Å². The highest BCUT2D eigenvalue weighted by molar-refractivity contribution is 5.82. The summed E-state index contributed by atoms with van der Waals surface area (Å²) in [5.41, 5.74) is 0.397. The van der Waals surface area contributed by atoms with Crippen molar-refractivity contribution in [1.29, 1.82) is 0 Å². The van der Waals surface area contributed by atoms with Gasteiger partial charge in [0, 0.05) is 19.4 Å². The molecule has 1 aliphatic heterocycles. The van der Waals surface area contributed by atoms with Gasteiger partial charge in [-0.25, -0.2) is 4.79 Å². The molecule has 0 aromatic rings. The molecule has 0 saturated carbocycles. The lowest BCUT2D eigenvalue weighted by Crippen LogP contribution is -2.34. The molecule has 10 atom stereocenters. The number of cyclic esters (lactones) is 1. The highest BCUT2D eigenvalue weighted by Crippen LogP contribution is 2.28. The third kappa shape index (κ3) is 29.6. The Morgan fingerprint density at radius 1 is 0.534 bits per heavy atom. The minimum absolute atomic E-state index is 0.244. The van der Waals surface area contributed by atoms with Gasteiger partial charge in [-0.1, -0.05) is 26.3 Å². The number of ether oxygens (including phenoxy) is 2. The van der Waals surface area contributed by atoms with Crippen molar-refractivity contribution in [3.8, 4) is 0 Å². The Morgan fingerprint density at radius 3 is 1.19 bits per heavy atom. The Labute approximate surface area is 350 Å². The van der Waals surface area contributed by atoms with E-state index in [1.54, 1.807) is 0 Å². The molecule has 0 fully saturated rings. The van der Waals surface area contributed by atoms with Gasteiger partial charge in [0.25, 0.3) is 0 Å². The Kier molecular flexibility index (Phi) is 29.3. The summed E-state index contributed by atoms with van der Waals surface area (Å²) in [6, 6.07) is 0. The number of carbonyl (C=O) groups is 2. The van der Waals surface area contributed by atoms with Crippen molar-refractivity contribution in [2.75, 3.05) is 0 Å². The normalized spacial score (nSPS) is 33.2. The molecule has 0 spiro atoms. The summed E-state index contributed by atoms with van der Waals surface area (Å²) in [6.07, 6.45) is 10.7. The number of aliphatic hydroxyl groups is 8. The average molecular weight is 831 g/mol. The standard InChI is InChI=1S/C46H86O12/c1-33-14-6-25-40(53)31-41(54)26-11-23-38(51)21-9-19-36(49)17-7-15-35(48)16-8-18-37(50)20-10-22-39(52)24-12-28-43(57-34(2)47)29-13-27-42(55)32-44(46(3,4)5)58-45(56)30-33/h30,35-44,48-55H,6-29,31-32H2,1-5H3/t35?,36?,37?,38?,39?,40-,41+,42?,43?,44?/m0/s1. The predicted molar refractivity (Wildman–Crippen MR) is 227 cm³/mol. The van der Waals surface area contributed by atoms with Crippen LogP contribution < -0.4 is 0 Å². The molecule has 8 unspecified atom stereocenters. The molecule has 0 aromatic carbocycles. The highest BCUT2D eigenvalue weighted by atomic mass is 16.5. The van der Waals surface area contributed by atoms with Crippen LogP contribution in [0.15, 0.2) is 11.6 Å². The van der Waals surface area contributed by atoms with Crippen molar-refractivity contribution in [2.45, 2.75) is 263 Å². The number of carbonyl (C=O) groups excluding carboxylic acids is 2. The number of hydrogen-bond donors (Lipinski definition) is 8. The summed E-state index contributed by atoms with van der Waals surface area (Å²) in [6.45, 7) is 9.10. The second kappa shape index (κ2) is 31.2. The van der Waals surface area contributed by atoms with E-state index < -0.39 is 66.3 Å². The van der Waals surface area contributed by atoms with Crippen molar-refractivity contribution < 1.29 is 59.9 Å². The van der Waals surface area contributed by atoms with Crippen molar-refractivity contribution in [1.82, 2.24) is 0 Å². The molecular formula is C46H86O12. The number of aliphatic hydroxyl groups excluding tert-OH is 8. The lowest BCUT2D eigenvalue weighted by Gasteiger charge is -2.31. The van der Waals surface area contributed by atoms with E-state index in [-0.39, 0.29) is 24.9 Å². The van der Waals surface area contributed by atoms with Gasteiger partial charge in [0.05, 0.1) is 48.8 Å². The summed E-state index contributed by atoms with van der Waals surface area (Å²) in [5, 5.41) is 84.1. The van der Waals surface area contributed by atoms with Crippen LogP contribution in [0.4, 0.5) is 0 Å². The zero-order valence-corrected chi connectivity index (χ0v) is 36.9. The molecule has 0 saturated heterocycles. The Balaban J connectivity index is 2.79. The van der Waals surface area contributed by atoms with E-state index in [1.165, 1.54) is 13.0 Å². The van der Waals surface area contributed by atoms with Crippen LogP contribution in [0, 0.1) is 5.41 Å². The van der Waals surface area contributed by atoms with E-state index in [9.17, 15) is 50.4 Å². The van der Waals surface area contributed by atoms with E-state index in [2.05, 4.69) is 0 Å². The molecule has 0 aromatic heterocycles. The Hall–Kier alpha value is -1.64. The molecule has 8 N–H and O–H groups in total. The first kappa shape index (κ1) is 54.4. The monoisotopic (exact) mass is 831 g/mol. The van der Waals surface area contributed by atoms with Crippen molar-refractivity contribution in [3.63, 3.8) is 0 Å². The largest absolute Gasteiger partial charge is 0.463 e. The van der Waals surface area contributed by atoms with Crippen LogP contribution in [0.5, 0.6) is 0 Å². The minimum atomic E-state index is -0.723. The van der Waals surface area contributed by atoms with Crippen LogP contribution in [0.2, 0.25) is 0 Å². The molecule has 12 nitrogen and oxygen atoms in total. The van der Waals surface area contributed by atoms with Crippen molar-refractivity contribution in [2.24, 2.45) is 5.41 Å². The molecule has 1 heterocycles. The van der Waals surface area contributed by atoms with Crippen molar-refractivity contribution >= 4 is 11.9 Å². The Morgan fingerprint density at radius 2 is 0.845 bits per heavy atom. The van der Waals surface area contributed by atoms with Crippen LogP contribution in [-0.4, -0.2) is 114 Å². The van der Waals surface area contributed by atoms with E-state index in [4.69, 9.17) is 9.47 Å². The first-order valence-corrected chi connectivity index (χ1v) is 22.8. The van der Waals surface area contributed by atoms with Gasteiger partial charge in [-0.05, 0) is 173 Å². The van der Waals surface area contributed by atoms with E-state index >= 15 is 0 Å². The number of allylic oxidation sites excluding steroid dienone is 1. The molecule has 1 rings (SSSR count). The van der Waals surface area contributed by atoms with E-state index in [0.29, 0.717) is 154 Å². The zero-order chi connectivity index (χ0) is 43.5. The van der Waals surface area contributed by atoms with Gasteiger partial charge >= 0.3 is 11.9 Å². The number of hydrogen-bond acceptors (Lipinski definition) is 12. The number of esters is 2. The minimum Gasteiger partial charge on any atom is -0.463 e. The molecule has 58 heavy (non-hydrogen) atoms. The summed E-state index contributed by atoms with van der Waals surface area (Å²) >= 11 is 0. The lowest BCUT2D eigenvalue weighted by atomic mass is 9.85. The topological polar surface area (TPSA) is 214 Å². The lowest BCUT2D eigenvalue weighted by molar-refractivity contribution is -0.150. The number of rotatable bonds is 1. The smallest absolute Gasteiger partial charge is 0.330 e. The van der Waals surface area contributed by atoms with E-state index in [1.807, 2.05) is 27.7 Å². The molecule has 0 aliphatic carbocycles. The molecule has 12 heteroatoms. The fourth-order valence-corrected chi connectivity index (χ4v) is 7.88. The van der Waals surface area contributed by atoms with Gasteiger partial charge in [0.1, 0.15) is 12.2 Å². The van der Waals surface area contributed by atoms with Gasteiger partial charge in [-0.15, -0.1) is 0 Å². The van der Waals surface area contributed by atoms with Gasteiger partial charge in [-0.3, -0.25) is 4.79 Å². The van der Waals surface area contributed by atoms with Crippen LogP contribution >= 0.6 is 0 Å². The van der Waals surface area contributed by atoms with Crippen LogP contribution in [0.25, 0.3) is 0 Å². The molecular weight excluding hydrogens is 744 g/mol. The van der Waals surface area contributed by atoms with Crippen molar-refractivity contribution in [3.05, 3.63) is 11.6 Å². The zero-order valence-electron chi connectivity index (χ0n) is 36.9. The Bertz CT molecular complexity index is 1090. The maximum absolute atomic E-state index is 12.9. The summed E-state index contributed by atoms with van der Waals surface area (Å²) in [4.78, 5) is 24.7. The predicted octanol–water partition coefficient (Wildman–Crippen LogP) is 6.87. The van der Waals surface area contributed by atoms with Gasteiger partial charge < -0.3 is 50.3 Å². The molecule has 0 radical (unpaired) electrons. The second-order valence-electron chi connectivity index (χ2n) is 18.6. The second-order valence-corrected chi connectivity index (χ2v) is 18.6. The van der Waals surface area contributed by atoms with E-state index in [0.717, 1.165) is 5.57 Å². The van der Waals surface area contributed by atoms with Gasteiger partial charge in [-0.2, -0.15) is 0 Å². The SMILES string of the molecule is CC(=O)OC1CCCC(O)CCCC(O)CCCC(O)CCCC(O)CCCC(O)CCC[C@@H](O)C[C@@H](O)CCCC(C)=CC(=O)OC(C(C)(C)C)CC(O)CCC1. The summed E-state index contributed by atoms with van der Waals surface area (Å²) in [5.74, 6) is -0.851. The molecule has 1 aliphatic rings. The third-order valence-corrected chi connectivity index (χ3v) is 11.6. The summed E-state index contributed by atoms with van der Waals surface area (Å²) < 4.78 is 11.4. The van der Waals surface area contributed by atoms with Crippen LogP contribution in [0.1, 0.15) is 202 Å². The van der Waals surface area contributed by atoms with Gasteiger partial charge in [0.2, 0.25) is 0 Å². The highest BCUT2D eigenvalue weighted by Gasteiger charge is 2.30. The fraction of sp³-hybridized carbons (Fsp3) is 0.913. The first-order valence-electron chi connectivity index (χ1n) is 22.8. The first-order chi connectivity index (χ1) is 27.3. The van der Waals surface area contributed by atoms with Gasteiger partial charge in [0.15, 0.2) is 0 Å². The maximum Gasteiger partial charge on any atom is 0.330 e. The maximum atomic E-state index is 12.9. The third-order valence-electron chi connectivity index (χ3n) is 11.6.